The van der Waals surface area contributed by atoms with Crippen LogP contribution in [0, 0.1) is 0 Å². The third-order valence-corrected chi connectivity index (χ3v) is 7.18. The zero-order chi connectivity index (χ0) is 19.5. The summed E-state index contributed by atoms with van der Waals surface area (Å²) in [5.41, 5.74) is 0.835. The first-order chi connectivity index (χ1) is 13.7. The number of morpholine rings is 1. The van der Waals surface area contributed by atoms with E-state index < -0.39 is 0 Å². The fraction of sp³-hybridized carbons (Fsp3) is 0.316. The van der Waals surface area contributed by atoms with Crippen molar-refractivity contribution in [2.45, 2.75) is 11.7 Å². The van der Waals surface area contributed by atoms with E-state index in [2.05, 4.69) is 6.58 Å². The molecule has 1 fully saturated rings. The summed E-state index contributed by atoms with van der Waals surface area (Å²) < 4.78 is 6.90. The summed E-state index contributed by atoms with van der Waals surface area (Å²) in [5.74, 6) is 0.288. The minimum atomic E-state index is -0.0872. The molecule has 0 aliphatic carbocycles. The second kappa shape index (κ2) is 8.60. The number of ether oxygens (including phenoxy) is 1. The normalized spacial score (nSPS) is 14.5. The van der Waals surface area contributed by atoms with Gasteiger partial charge in [0.2, 0.25) is 5.91 Å². The van der Waals surface area contributed by atoms with Crippen molar-refractivity contribution >= 4 is 50.6 Å². The van der Waals surface area contributed by atoms with E-state index >= 15 is 0 Å². The summed E-state index contributed by atoms with van der Waals surface area (Å²) in [6, 6.07) is 3.98. The number of allylic oxidation sites excluding steroid dienone is 1. The summed E-state index contributed by atoms with van der Waals surface area (Å²) in [5, 5.41) is 5.17. The molecule has 4 rings (SSSR count). The number of aromatic nitrogens is 2. The molecule has 1 aliphatic heterocycles. The number of carbonyl (C=O) groups is 1. The fourth-order valence-corrected chi connectivity index (χ4v) is 5.76. The van der Waals surface area contributed by atoms with Gasteiger partial charge in [-0.05, 0) is 11.4 Å². The van der Waals surface area contributed by atoms with Crippen LogP contribution in [0.1, 0.15) is 0 Å². The Labute approximate surface area is 174 Å². The van der Waals surface area contributed by atoms with Gasteiger partial charge in [-0.1, -0.05) is 23.9 Å². The minimum absolute atomic E-state index is 0.0400. The Bertz CT molecular complexity index is 1050. The van der Waals surface area contributed by atoms with Crippen LogP contribution in [0.15, 0.2) is 45.5 Å². The molecule has 0 aromatic carbocycles. The number of fused-ring (bicyclic) bond motifs is 1. The topological polar surface area (TPSA) is 64.4 Å². The lowest BCUT2D eigenvalue weighted by Gasteiger charge is -2.26. The number of carbonyl (C=O) groups excluding carboxylic acids is 1. The minimum Gasteiger partial charge on any atom is -0.378 e. The van der Waals surface area contributed by atoms with Crippen molar-refractivity contribution in [2.24, 2.45) is 0 Å². The molecule has 0 saturated carbocycles. The highest BCUT2D eigenvalue weighted by molar-refractivity contribution is 7.99. The number of rotatable bonds is 6. The molecule has 146 valence electrons. The molecule has 0 unspecified atom stereocenters. The number of nitrogens with zero attached hydrogens (tertiary/aromatic N) is 3. The van der Waals surface area contributed by atoms with Crippen LogP contribution in [0.3, 0.4) is 0 Å². The molecular formula is C19H19N3O3S3. The fourth-order valence-electron chi connectivity index (χ4n) is 3.05. The molecule has 9 heteroatoms. The summed E-state index contributed by atoms with van der Waals surface area (Å²) >= 11 is 4.37. The molecule has 3 aromatic rings. The molecule has 0 bridgehead atoms. The van der Waals surface area contributed by atoms with E-state index in [1.165, 1.54) is 23.1 Å². The van der Waals surface area contributed by atoms with Gasteiger partial charge < -0.3 is 9.64 Å². The second-order valence-electron chi connectivity index (χ2n) is 6.19. The Morgan fingerprint density at radius 3 is 2.89 bits per heavy atom. The van der Waals surface area contributed by atoms with Gasteiger partial charge in [-0.3, -0.25) is 14.2 Å². The van der Waals surface area contributed by atoms with Crippen LogP contribution in [0.4, 0.5) is 0 Å². The summed E-state index contributed by atoms with van der Waals surface area (Å²) in [6.45, 7) is 6.49. The first-order valence-corrected chi connectivity index (χ1v) is 11.6. The van der Waals surface area contributed by atoms with Gasteiger partial charge >= 0.3 is 0 Å². The van der Waals surface area contributed by atoms with E-state index in [1.807, 2.05) is 22.9 Å². The molecule has 6 nitrogen and oxygen atoms in total. The van der Waals surface area contributed by atoms with Crippen molar-refractivity contribution < 1.29 is 9.53 Å². The van der Waals surface area contributed by atoms with Gasteiger partial charge in [-0.2, -0.15) is 0 Å². The van der Waals surface area contributed by atoms with Crippen molar-refractivity contribution in [3.63, 3.8) is 0 Å². The van der Waals surface area contributed by atoms with Gasteiger partial charge in [0.15, 0.2) is 5.16 Å². The number of thiophene rings is 2. The van der Waals surface area contributed by atoms with Crippen LogP contribution in [-0.2, 0) is 16.1 Å². The van der Waals surface area contributed by atoms with E-state index in [9.17, 15) is 9.59 Å². The van der Waals surface area contributed by atoms with Gasteiger partial charge in [-0.25, -0.2) is 4.98 Å². The van der Waals surface area contributed by atoms with E-state index in [0.29, 0.717) is 48.2 Å². The Morgan fingerprint density at radius 1 is 1.36 bits per heavy atom. The summed E-state index contributed by atoms with van der Waals surface area (Å²) in [7, 11) is 0. The van der Waals surface area contributed by atoms with Crippen molar-refractivity contribution in [3.8, 4) is 10.4 Å². The lowest BCUT2D eigenvalue weighted by molar-refractivity contribution is -0.132. The largest absolute Gasteiger partial charge is 0.378 e. The van der Waals surface area contributed by atoms with Crippen molar-refractivity contribution in [1.82, 2.24) is 14.5 Å². The first kappa shape index (κ1) is 19.4. The van der Waals surface area contributed by atoms with Crippen LogP contribution in [0.2, 0.25) is 0 Å². The monoisotopic (exact) mass is 433 g/mol. The van der Waals surface area contributed by atoms with Crippen LogP contribution in [-0.4, -0.2) is 52.4 Å². The molecule has 1 amide bonds. The van der Waals surface area contributed by atoms with Crippen molar-refractivity contribution in [3.05, 3.63) is 45.9 Å². The van der Waals surface area contributed by atoms with Crippen molar-refractivity contribution in [2.75, 3.05) is 32.1 Å². The second-order valence-corrected chi connectivity index (χ2v) is 8.94. The maximum absolute atomic E-state index is 13.2. The predicted octanol–water partition coefficient (Wildman–Crippen LogP) is 3.32. The standard InChI is InChI=1S/C19H19N3O3S3/c1-2-5-22-18(24)16-13(14-4-3-10-26-14)11-27-17(16)20-19(22)28-12-15(23)21-6-8-25-9-7-21/h2-4,10-11H,1,5-9,12H2. The van der Waals surface area contributed by atoms with Crippen LogP contribution in [0.25, 0.3) is 20.7 Å². The van der Waals surface area contributed by atoms with Crippen LogP contribution in [0.5, 0.6) is 0 Å². The number of thioether (sulfide) groups is 1. The molecule has 0 spiro atoms. The third-order valence-electron chi connectivity index (χ3n) is 4.45. The zero-order valence-electron chi connectivity index (χ0n) is 15.1. The highest BCUT2D eigenvalue weighted by atomic mass is 32.2. The summed E-state index contributed by atoms with van der Waals surface area (Å²) in [6.07, 6.45) is 1.68. The molecule has 1 saturated heterocycles. The highest BCUT2D eigenvalue weighted by Gasteiger charge is 2.20. The van der Waals surface area contributed by atoms with E-state index in [0.717, 1.165) is 10.4 Å². The van der Waals surface area contributed by atoms with Crippen molar-refractivity contribution in [1.29, 1.82) is 0 Å². The average Bonchev–Trinajstić information content (AvgIpc) is 3.39. The molecule has 0 atom stereocenters. The third kappa shape index (κ3) is 3.80. The lowest BCUT2D eigenvalue weighted by Crippen LogP contribution is -2.41. The SMILES string of the molecule is C=CCn1c(SCC(=O)N2CCOCC2)nc2scc(-c3cccs3)c2c1=O. The molecule has 0 N–H and O–H groups in total. The van der Waals surface area contributed by atoms with Gasteiger partial charge in [0.25, 0.3) is 5.56 Å². The Hall–Kier alpha value is -1.94. The predicted molar refractivity (Wildman–Crippen MR) is 116 cm³/mol. The summed E-state index contributed by atoms with van der Waals surface area (Å²) in [4.78, 5) is 34.0. The number of amides is 1. The maximum Gasteiger partial charge on any atom is 0.263 e. The van der Waals surface area contributed by atoms with Gasteiger partial charge in [0.1, 0.15) is 4.83 Å². The number of hydrogen-bond donors (Lipinski definition) is 0. The van der Waals surface area contributed by atoms with Gasteiger partial charge in [-0.15, -0.1) is 29.3 Å². The molecule has 0 radical (unpaired) electrons. The Kier molecular flexibility index (Phi) is 5.96. The van der Waals surface area contributed by atoms with Gasteiger partial charge in [0.05, 0.1) is 24.4 Å². The molecule has 28 heavy (non-hydrogen) atoms. The highest BCUT2D eigenvalue weighted by Crippen LogP contribution is 2.34. The first-order valence-electron chi connectivity index (χ1n) is 8.84. The van der Waals surface area contributed by atoms with E-state index in [-0.39, 0.29) is 17.2 Å². The molecule has 4 heterocycles. The molecule has 3 aromatic heterocycles. The number of hydrogen-bond acceptors (Lipinski definition) is 7. The molecule has 1 aliphatic rings. The van der Waals surface area contributed by atoms with Crippen LogP contribution < -0.4 is 5.56 Å². The van der Waals surface area contributed by atoms with E-state index in [1.54, 1.807) is 26.9 Å². The quantitative estimate of drug-likeness (QED) is 0.339. The smallest absolute Gasteiger partial charge is 0.263 e. The lowest BCUT2D eigenvalue weighted by atomic mass is 10.2. The molecular weight excluding hydrogens is 414 g/mol. The maximum atomic E-state index is 13.2. The Morgan fingerprint density at radius 2 is 2.18 bits per heavy atom. The average molecular weight is 434 g/mol. The Balaban J connectivity index is 1.66. The van der Waals surface area contributed by atoms with E-state index in [4.69, 9.17) is 9.72 Å². The van der Waals surface area contributed by atoms with Crippen LogP contribution >= 0.6 is 34.4 Å². The van der Waals surface area contributed by atoms with Gasteiger partial charge in [0, 0.05) is 35.5 Å². The zero-order valence-corrected chi connectivity index (χ0v) is 17.6.